The van der Waals surface area contributed by atoms with Crippen molar-refractivity contribution in [1.82, 2.24) is 4.31 Å². The number of benzene rings is 2. The molecule has 25 heavy (non-hydrogen) atoms. The number of aliphatic imine (C=N–C) groups is 1. The van der Waals surface area contributed by atoms with Crippen LogP contribution in [0.3, 0.4) is 0 Å². The van der Waals surface area contributed by atoms with Crippen molar-refractivity contribution in [2.75, 3.05) is 13.1 Å². The minimum absolute atomic E-state index is 0.0604. The molecule has 0 spiro atoms. The Balaban J connectivity index is 1.86. The normalized spacial score (nSPS) is 16.4. The maximum Gasteiger partial charge on any atom is 0.243 e. The predicted octanol–water partition coefficient (Wildman–Crippen LogP) is 3.97. The lowest BCUT2D eigenvalue weighted by atomic mass is 10.2. The number of halogens is 1. The average molecular weight is 379 g/mol. The van der Waals surface area contributed by atoms with Crippen LogP contribution in [0.25, 0.3) is 0 Å². The molecule has 7 heteroatoms. The lowest BCUT2D eigenvalue weighted by molar-refractivity contribution is 0.346. The highest BCUT2D eigenvalue weighted by Gasteiger charge is 2.25. The number of hydrogen-bond acceptors (Lipinski definition) is 4. The summed E-state index contributed by atoms with van der Waals surface area (Å²) in [5.41, 5.74) is 0.967. The molecule has 0 aromatic heterocycles. The van der Waals surface area contributed by atoms with Crippen LogP contribution in [0.2, 0.25) is 5.02 Å². The minimum atomic E-state index is -3.49. The Morgan fingerprint density at radius 3 is 2.60 bits per heavy atom. The molecular formula is C18H19ClN2O3S. The summed E-state index contributed by atoms with van der Waals surface area (Å²) in [6.45, 7) is 1.12. The number of sulfonamides is 1. The van der Waals surface area contributed by atoms with Crippen LogP contribution in [0, 0.1) is 0 Å². The lowest BCUT2D eigenvalue weighted by Gasteiger charge is -2.25. The van der Waals surface area contributed by atoms with Crippen LogP contribution >= 0.6 is 11.6 Å². The van der Waals surface area contributed by atoms with Crippen LogP contribution in [0.1, 0.15) is 24.8 Å². The van der Waals surface area contributed by atoms with Gasteiger partial charge in [-0.25, -0.2) is 8.42 Å². The first kappa shape index (κ1) is 17.9. The fourth-order valence-corrected chi connectivity index (χ4v) is 4.49. The zero-order valence-corrected chi connectivity index (χ0v) is 15.2. The van der Waals surface area contributed by atoms with Gasteiger partial charge in [0.15, 0.2) is 0 Å². The fraction of sp³-hybridized carbons (Fsp3) is 0.278. The Labute approximate surface area is 152 Å². The Hall–Kier alpha value is -1.89. The molecule has 0 aliphatic carbocycles. The molecule has 0 unspecified atom stereocenters. The van der Waals surface area contributed by atoms with Crippen LogP contribution in [0.5, 0.6) is 5.75 Å². The molecular weight excluding hydrogens is 360 g/mol. The standard InChI is InChI=1S/C18H19ClN2O3S/c19-15-7-8-18(22)14(11-15)13-20-16-5-4-6-17(12-16)25(23,24)21-9-2-1-3-10-21/h4-8,11-13,22H,1-3,9-10H2. The molecule has 1 aliphatic rings. The van der Waals surface area contributed by atoms with Crippen LogP contribution in [-0.4, -0.2) is 37.1 Å². The molecule has 0 bridgehead atoms. The van der Waals surface area contributed by atoms with Crippen LogP contribution < -0.4 is 0 Å². The van der Waals surface area contributed by atoms with Crippen molar-refractivity contribution in [1.29, 1.82) is 0 Å². The zero-order valence-electron chi connectivity index (χ0n) is 13.6. The summed E-state index contributed by atoms with van der Waals surface area (Å²) in [6, 6.07) is 11.2. The van der Waals surface area contributed by atoms with Gasteiger partial charge in [0.2, 0.25) is 10.0 Å². The van der Waals surface area contributed by atoms with Crippen LogP contribution in [-0.2, 0) is 10.0 Å². The molecule has 1 saturated heterocycles. The summed E-state index contributed by atoms with van der Waals surface area (Å²) >= 11 is 5.91. The van der Waals surface area contributed by atoms with E-state index in [-0.39, 0.29) is 10.6 Å². The third-order valence-corrected chi connectivity index (χ3v) is 6.24. The summed E-state index contributed by atoms with van der Waals surface area (Å²) in [6.07, 6.45) is 4.32. The number of phenolic OH excluding ortho intramolecular Hbond substituents is 1. The molecule has 0 amide bonds. The Bertz CT molecular complexity index is 891. The van der Waals surface area contributed by atoms with E-state index in [9.17, 15) is 13.5 Å². The van der Waals surface area contributed by atoms with E-state index in [2.05, 4.69) is 4.99 Å². The van der Waals surface area contributed by atoms with Gasteiger partial charge in [0.05, 0.1) is 10.6 Å². The summed E-state index contributed by atoms with van der Waals surface area (Å²) in [5, 5.41) is 10.3. The average Bonchev–Trinajstić information content (AvgIpc) is 2.63. The van der Waals surface area contributed by atoms with Gasteiger partial charge >= 0.3 is 0 Å². The van der Waals surface area contributed by atoms with E-state index in [1.54, 1.807) is 36.4 Å². The molecule has 1 aliphatic heterocycles. The number of hydrogen-bond donors (Lipinski definition) is 1. The summed E-state index contributed by atoms with van der Waals surface area (Å²) in [5.74, 6) is 0.0604. The quantitative estimate of drug-likeness (QED) is 0.818. The van der Waals surface area contributed by atoms with Gasteiger partial charge in [-0.05, 0) is 49.2 Å². The molecule has 0 radical (unpaired) electrons. The Morgan fingerprint density at radius 2 is 1.84 bits per heavy atom. The predicted molar refractivity (Wildman–Crippen MR) is 99.4 cm³/mol. The van der Waals surface area contributed by atoms with Gasteiger partial charge in [-0.2, -0.15) is 4.31 Å². The molecule has 2 aromatic carbocycles. The van der Waals surface area contributed by atoms with Gasteiger partial charge in [0.1, 0.15) is 5.75 Å². The number of aromatic hydroxyl groups is 1. The van der Waals surface area contributed by atoms with Gasteiger partial charge in [-0.3, -0.25) is 4.99 Å². The monoisotopic (exact) mass is 378 g/mol. The molecule has 1 fully saturated rings. The topological polar surface area (TPSA) is 70.0 Å². The van der Waals surface area contributed by atoms with Gasteiger partial charge in [0.25, 0.3) is 0 Å². The highest BCUT2D eigenvalue weighted by atomic mass is 35.5. The van der Waals surface area contributed by atoms with Crippen molar-refractivity contribution in [3.05, 3.63) is 53.1 Å². The van der Waals surface area contributed by atoms with Crippen molar-refractivity contribution in [3.8, 4) is 5.75 Å². The van der Waals surface area contributed by atoms with Crippen molar-refractivity contribution in [2.24, 2.45) is 4.99 Å². The van der Waals surface area contributed by atoms with Crippen molar-refractivity contribution in [2.45, 2.75) is 24.2 Å². The first-order valence-electron chi connectivity index (χ1n) is 8.09. The molecule has 0 saturated carbocycles. The first-order valence-corrected chi connectivity index (χ1v) is 9.91. The molecule has 132 valence electrons. The maximum absolute atomic E-state index is 12.7. The number of nitrogens with zero attached hydrogens (tertiary/aromatic N) is 2. The molecule has 3 rings (SSSR count). The largest absolute Gasteiger partial charge is 0.507 e. The van der Waals surface area contributed by atoms with Crippen LogP contribution in [0.15, 0.2) is 52.4 Å². The Kier molecular flexibility index (Phi) is 5.42. The molecule has 1 heterocycles. The van der Waals surface area contributed by atoms with Gasteiger partial charge in [-0.15, -0.1) is 0 Å². The lowest BCUT2D eigenvalue weighted by Crippen LogP contribution is -2.35. The second-order valence-corrected chi connectivity index (χ2v) is 8.30. The van der Waals surface area contributed by atoms with E-state index in [4.69, 9.17) is 11.6 Å². The third kappa shape index (κ3) is 4.21. The zero-order chi connectivity index (χ0) is 17.9. The van der Waals surface area contributed by atoms with E-state index >= 15 is 0 Å². The van der Waals surface area contributed by atoms with E-state index in [0.717, 1.165) is 19.3 Å². The summed E-state index contributed by atoms with van der Waals surface area (Å²) in [4.78, 5) is 4.51. The van der Waals surface area contributed by atoms with E-state index in [1.807, 2.05) is 0 Å². The van der Waals surface area contributed by atoms with Crippen molar-refractivity contribution < 1.29 is 13.5 Å². The van der Waals surface area contributed by atoms with E-state index in [1.165, 1.54) is 16.6 Å². The number of phenols is 1. The van der Waals surface area contributed by atoms with Crippen molar-refractivity contribution in [3.63, 3.8) is 0 Å². The summed E-state index contributed by atoms with van der Waals surface area (Å²) < 4.78 is 27.0. The van der Waals surface area contributed by atoms with Gasteiger partial charge in [0, 0.05) is 29.9 Å². The summed E-state index contributed by atoms with van der Waals surface area (Å²) in [7, 11) is -3.49. The highest BCUT2D eigenvalue weighted by molar-refractivity contribution is 7.89. The van der Waals surface area contributed by atoms with E-state index < -0.39 is 10.0 Å². The van der Waals surface area contributed by atoms with Crippen molar-refractivity contribution >= 4 is 33.5 Å². The third-order valence-electron chi connectivity index (χ3n) is 4.11. The smallest absolute Gasteiger partial charge is 0.243 e. The second-order valence-electron chi connectivity index (χ2n) is 5.92. The first-order chi connectivity index (χ1) is 12.0. The Morgan fingerprint density at radius 1 is 1.08 bits per heavy atom. The second kappa shape index (κ2) is 7.56. The SMILES string of the molecule is O=S(=O)(c1cccc(N=Cc2cc(Cl)ccc2O)c1)N1CCCCC1. The maximum atomic E-state index is 12.7. The highest BCUT2D eigenvalue weighted by Crippen LogP contribution is 2.25. The minimum Gasteiger partial charge on any atom is -0.507 e. The van der Waals surface area contributed by atoms with E-state index in [0.29, 0.717) is 29.4 Å². The van der Waals surface area contributed by atoms with Crippen LogP contribution in [0.4, 0.5) is 5.69 Å². The molecule has 0 atom stereocenters. The van der Waals surface area contributed by atoms with Gasteiger partial charge < -0.3 is 5.11 Å². The molecule has 5 nitrogen and oxygen atoms in total. The number of piperidine rings is 1. The molecule has 2 aromatic rings. The fourth-order valence-electron chi connectivity index (χ4n) is 2.75. The molecule has 1 N–H and O–H groups in total. The number of rotatable bonds is 4. The van der Waals surface area contributed by atoms with Gasteiger partial charge in [-0.1, -0.05) is 24.1 Å².